The van der Waals surface area contributed by atoms with Gasteiger partial charge in [0.15, 0.2) is 0 Å². The fourth-order valence-corrected chi connectivity index (χ4v) is 3.13. The molecule has 1 aromatic heterocycles. The molecule has 0 spiro atoms. The highest BCUT2D eigenvalue weighted by molar-refractivity contribution is 6.33. The highest BCUT2D eigenvalue weighted by atomic mass is 35.5. The van der Waals surface area contributed by atoms with Gasteiger partial charge in [0, 0.05) is 25.7 Å². The van der Waals surface area contributed by atoms with Crippen LogP contribution in [0.25, 0.3) is 0 Å². The molecule has 0 radical (unpaired) electrons. The molecular weight excluding hydrogens is 374 g/mol. The summed E-state index contributed by atoms with van der Waals surface area (Å²) in [6.07, 6.45) is 2.03. The van der Waals surface area contributed by atoms with Crippen LogP contribution in [0.1, 0.15) is 28.0 Å². The lowest BCUT2D eigenvalue weighted by molar-refractivity contribution is -0.116. The number of nitrogens with one attached hydrogen (secondary N) is 2. The first kappa shape index (κ1) is 19.7. The number of benzene rings is 2. The minimum absolute atomic E-state index is 0.162. The van der Waals surface area contributed by atoms with Gasteiger partial charge in [0.2, 0.25) is 5.91 Å². The summed E-state index contributed by atoms with van der Waals surface area (Å²) in [7, 11) is 0. The highest BCUT2D eigenvalue weighted by Crippen LogP contribution is 2.22. The number of aromatic nitrogens is 1. The van der Waals surface area contributed by atoms with Crippen LogP contribution in [0, 0.1) is 6.92 Å². The van der Waals surface area contributed by atoms with Crippen LogP contribution in [0.2, 0.25) is 5.02 Å². The number of hydrogen-bond acceptors (Lipinski definition) is 2. The molecule has 144 valence electrons. The lowest BCUT2D eigenvalue weighted by Crippen LogP contribution is -2.29. The number of amides is 2. The van der Waals surface area contributed by atoms with E-state index >= 15 is 0 Å². The molecule has 0 saturated carbocycles. The van der Waals surface area contributed by atoms with E-state index in [0.29, 0.717) is 22.9 Å². The highest BCUT2D eigenvalue weighted by Gasteiger charge is 2.12. The monoisotopic (exact) mass is 395 g/mol. The van der Waals surface area contributed by atoms with Gasteiger partial charge < -0.3 is 15.2 Å². The van der Waals surface area contributed by atoms with Gasteiger partial charge in [-0.2, -0.15) is 0 Å². The first-order valence-electron chi connectivity index (χ1n) is 9.06. The molecule has 0 unspecified atom stereocenters. The van der Waals surface area contributed by atoms with Gasteiger partial charge >= 0.3 is 0 Å². The second-order valence-corrected chi connectivity index (χ2v) is 6.95. The Morgan fingerprint density at radius 3 is 2.57 bits per heavy atom. The number of aryl methyl sites for hydroxylation is 1. The number of halogens is 1. The van der Waals surface area contributed by atoms with Gasteiger partial charge in [-0.3, -0.25) is 9.59 Å². The van der Waals surface area contributed by atoms with Gasteiger partial charge in [-0.1, -0.05) is 48.0 Å². The lowest BCUT2D eigenvalue weighted by Gasteiger charge is -2.11. The van der Waals surface area contributed by atoms with Crippen molar-refractivity contribution < 1.29 is 9.59 Å². The summed E-state index contributed by atoms with van der Waals surface area (Å²) in [5, 5.41) is 6.06. The van der Waals surface area contributed by atoms with E-state index in [1.807, 2.05) is 60.2 Å². The lowest BCUT2D eigenvalue weighted by atomic mass is 10.2. The zero-order valence-corrected chi connectivity index (χ0v) is 16.4. The number of carbonyl (C=O) groups is 2. The van der Waals surface area contributed by atoms with Crippen molar-refractivity contribution in [1.82, 2.24) is 9.88 Å². The molecule has 2 N–H and O–H groups in total. The molecule has 2 amide bonds. The van der Waals surface area contributed by atoms with Crippen molar-refractivity contribution in [3.8, 4) is 0 Å². The van der Waals surface area contributed by atoms with Crippen LogP contribution in [0.3, 0.4) is 0 Å². The van der Waals surface area contributed by atoms with E-state index in [9.17, 15) is 9.59 Å². The van der Waals surface area contributed by atoms with Gasteiger partial charge in [0.05, 0.1) is 10.7 Å². The van der Waals surface area contributed by atoms with Crippen molar-refractivity contribution in [3.63, 3.8) is 0 Å². The Kier molecular flexibility index (Phi) is 6.50. The molecule has 5 nitrogen and oxygen atoms in total. The van der Waals surface area contributed by atoms with Gasteiger partial charge in [0.25, 0.3) is 5.91 Å². The second kappa shape index (κ2) is 9.24. The van der Waals surface area contributed by atoms with Crippen molar-refractivity contribution >= 4 is 29.1 Å². The third-order valence-corrected chi connectivity index (χ3v) is 4.61. The van der Waals surface area contributed by atoms with Gasteiger partial charge in [-0.25, -0.2) is 0 Å². The molecule has 0 fully saturated rings. The van der Waals surface area contributed by atoms with Crippen molar-refractivity contribution in [2.45, 2.75) is 19.9 Å². The summed E-state index contributed by atoms with van der Waals surface area (Å²) in [6.45, 7) is 2.79. The van der Waals surface area contributed by atoms with Crippen LogP contribution >= 0.6 is 11.6 Å². The minimum atomic E-state index is -0.206. The Morgan fingerprint density at radius 2 is 1.82 bits per heavy atom. The predicted octanol–water partition coefficient (Wildman–Crippen LogP) is 4.26. The number of carbonyl (C=O) groups excluding carboxylic acids is 2. The maximum absolute atomic E-state index is 12.5. The molecule has 1 heterocycles. The Hall–Kier alpha value is -3.05. The van der Waals surface area contributed by atoms with Crippen molar-refractivity contribution in [2.24, 2.45) is 0 Å². The van der Waals surface area contributed by atoms with Crippen LogP contribution < -0.4 is 10.6 Å². The van der Waals surface area contributed by atoms with E-state index in [1.165, 1.54) is 0 Å². The summed E-state index contributed by atoms with van der Waals surface area (Å²) in [4.78, 5) is 24.6. The van der Waals surface area contributed by atoms with Crippen LogP contribution in [0.5, 0.6) is 0 Å². The topological polar surface area (TPSA) is 63.1 Å². The molecule has 28 heavy (non-hydrogen) atoms. The van der Waals surface area contributed by atoms with Crippen LogP contribution in [-0.4, -0.2) is 22.9 Å². The minimum Gasteiger partial charge on any atom is -0.350 e. The first-order valence-corrected chi connectivity index (χ1v) is 9.44. The summed E-state index contributed by atoms with van der Waals surface area (Å²) in [5.74, 6) is -0.409. The largest absolute Gasteiger partial charge is 0.350 e. The molecule has 0 saturated heterocycles. The van der Waals surface area contributed by atoms with E-state index in [0.717, 1.165) is 11.1 Å². The summed E-state index contributed by atoms with van der Waals surface area (Å²) < 4.78 is 1.89. The Labute approximate surface area is 169 Å². The molecule has 2 aromatic carbocycles. The molecule has 0 atom stereocenters. The van der Waals surface area contributed by atoms with E-state index < -0.39 is 0 Å². The van der Waals surface area contributed by atoms with Crippen molar-refractivity contribution in [3.05, 3.63) is 88.7 Å². The average Bonchev–Trinajstić information content (AvgIpc) is 3.13. The van der Waals surface area contributed by atoms with E-state index in [4.69, 9.17) is 11.6 Å². The molecule has 3 rings (SSSR count). The molecule has 6 heteroatoms. The SMILES string of the molecule is Cc1ccc(NC(=O)CCNC(=O)c2cccn2Cc2ccccc2)c(Cl)c1. The standard InChI is InChI=1S/C22H22ClN3O2/c1-16-9-10-19(18(23)14-16)25-21(27)11-12-24-22(28)20-8-5-13-26(20)15-17-6-3-2-4-7-17/h2-10,13-14H,11-12,15H2,1H3,(H,24,28)(H,25,27). The molecule has 0 aliphatic heterocycles. The Morgan fingerprint density at radius 1 is 1.04 bits per heavy atom. The zero-order valence-electron chi connectivity index (χ0n) is 15.6. The van der Waals surface area contributed by atoms with E-state index in [-0.39, 0.29) is 24.8 Å². The van der Waals surface area contributed by atoms with Crippen LogP contribution in [-0.2, 0) is 11.3 Å². The van der Waals surface area contributed by atoms with Crippen LogP contribution in [0.15, 0.2) is 66.9 Å². The number of anilines is 1. The number of rotatable bonds is 7. The van der Waals surface area contributed by atoms with Gasteiger partial charge in [-0.05, 0) is 42.3 Å². The quantitative estimate of drug-likeness (QED) is 0.628. The van der Waals surface area contributed by atoms with E-state index in [1.54, 1.807) is 18.2 Å². The average molecular weight is 396 g/mol. The zero-order chi connectivity index (χ0) is 19.9. The fraction of sp³-hybridized carbons (Fsp3) is 0.182. The first-order chi connectivity index (χ1) is 13.5. The molecular formula is C22H22ClN3O2. The summed E-state index contributed by atoms with van der Waals surface area (Å²) >= 11 is 6.12. The van der Waals surface area contributed by atoms with Gasteiger partial charge in [0.1, 0.15) is 5.69 Å². The fourth-order valence-electron chi connectivity index (χ4n) is 2.85. The Balaban J connectivity index is 1.51. The summed E-state index contributed by atoms with van der Waals surface area (Å²) in [5.41, 5.74) is 3.27. The number of nitrogens with zero attached hydrogens (tertiary/aromatic N) is 1. The number of hydrogen-bond donors (Lipinski definition) is 2. The molecule has 0 aliphatic carbocycles. The predicted molar refractivity (Wildman–Crippen MR) is 112 cm³/mol. The van der Waals surface area contributed by atoms with Crippen molar-refractivity contribution in [2.75, 3.05) is 11.9 Å². The molecule has 0 bridgehead atoms. The Bertz CT molecular complexity index is 967. The smallest absolute Gasteiger partial charge is 0.267 e. The second-order valence-electron chi connectivity index (χ2n) is 6.54. The third-order valence-electron chi connectivity index (χ3n) is 4.29. The van der Waals surface area contributed by atoms with Gasteiger partial charge in [-0.15, -0.1) is 0 Å². The molecule has 3 aromatic rings. The maximum Gasteiger partial charge on any atom is 0.267 e. The molecule has 0 aliphatic rings. The summed E-state index contributed by atoms with van der Waals surface area (Å²) in [6, 6.07) is 19.0. The van der Waals surface area contributed by atoms with E-state index in [2.05, 4.69) is 10.6 Å². The maximum atomic E-state index is 12.5. The van der Waals surface area contributed by atoms with Crippen LogP contribution in [0.4, 0.5) is 5.69 Å². The third kappa shape index (κ3) is 5.24. The normalized spacial score (nSPS) is 10.5. The van der Waals surface area contributed by atoms with Crippen molar-refractivity contribution in [1.29, 1.82) is 0 Å².